The predicted octanol–water partition coefficient (Wildman–Crippen LogP) is 4.41. The van der Waals surface area contributed by atoms with Gasteiger partial charge in [0.15, 0.2) is 11.5 Å². The Bertz CT molecular complexity index is 1330. The molecule has 0 aliphatic carbocycles. The summed E-state index contributed by atoms with van der Waals surface area (Å²) in [6.07, 6.45) is 1.89. The molecule has 1 aliphatic rings. The molecule has 4 aromatic rings. The normalized spacial score (nSPS) is 17.0. The second-order valence-corrected chi connectivity index (χ2v) is 8.29. The van der Waals surface area contributed by atoms with E-state index in [1.165, 1.54) is 18.5 Å². The number of aromatic amines is 1. The Kier molecular flexibility index (Phi) is 5.61. The number of H-pyrrole nitrogens is 1. The molecular formula is C23H22ClFN6O2. The Morgan fingerprint density at radius 1 is 1.30 bits per heavy atom. The number of nitrogens with zero attached hydrogens (tertiary/aromatic N) is 4. The van der Waals surface area contributed by atoms with Crippen LogP contribution in [0.1, 0.15) is 24.1 Å². The maximum Gasteiger partial charge on any atom is 0.238 e. The van der Waals surface area contributed by atoms with Crippen LogP contribution in [-0.4, -0.2) is 44.6 Å². The van der Waals surface area contributed by atoms with Crippen LogP contribution in [-0.2, 0) is 4.74 Å². The summed E-state index contributed by atoms with van der Waals surface area (Å²) in [6, 6.07) is 7.96. The molecule has 3 N–H and O–H groups in total. The lowest BCUT2D eigenvalue weighted by molar-refractivity contribution is -0.0573. The first-order valence-electron chi connectivity index (χ1n) is 10.5. The number of halogens is 2. The molecule has 0 saturated carbocycles. The van der Waals surface area contributed by atoms with Crippen LogP contribution in [0.3, 0.4) is 0 Å². The number of hydrogen-bond acceptors (Lipinski definition) is 7. The van der Waals surface area contributed by atoms with E-state index in [2.05, 4.69) is 25.3 Å². The molecule has 1 saturated heterocycles. The van der Waals surface area contributed by atoms with E-state index in [0.717, 1.165) is 16.7 Å². The highest BCUT2D eigenvalue weighted by Crippen LogP contribution is 2.44. The van der Waals surface area contributed by atoms with Crippen molar-refractivity contribution in [1.82, 2.24) is 19.9 Å². The average Bonchev–Trinajstić information content (AvgIpc) is 3.44. The molecule has 3 heterocycles. The van der Waals surface area contributed by atoms with Crippen LogP contribution in [0.2, 0.25) is 5.02 Å². The summed E-state index contributed by atoms with van der Waals surface area (Å²) in [5, 5.41) is 14.4. The molecule has 5 rings (SSSR count). The van der Waals surface area contributed by atoms with Gasteiger partial charge in [-0.15, -0.1) is 0 Å². The van der Waals surface area contributed by atoms with Crippen LogP contribution in [0.5, 0.6) is 0 Å². The highest BCUT2D eigenvalue weighted by Gasteiger charge is 2.30. The fourth-order valence-corrected chi connectivity index (χ4v) is 4.45. The molecule has 2 atom stereocenters. The van der Waals surface area contributed by atoms with Crippen molar-refractivity contribution in [1.29, 1.82) is 0 Å². The minimum absolute atomic E-state index is 0.290. The van der Waals surface area contributed by atoms with Crippen molar-refractivity contribution < 1.29 is 14.2 Å². The molecule has 0 bridgehead atoms. The van der Waals surface area contributed by atoms with Gasteiger partial charge in [-0.25, -0.2) is 19.3 Å². The van der Waals surface area contributed by atoms with Gasteiger partial charge in [-0.1, -0.05) is 23.7 Å². The molecular weight excluding hydrogens is 447 g/mol. The molecule has 0 amide bonds. The Morgan fingerprint density at radius 2 is 2.15 bits per heavy atom. The molecule has 2 unspecified atom stereocenters. The first-order chi connectivity index (χ1) is 15.9. The number of fused-ring (bicyclic) bond motifs is 1. The van der Waals surface area contributed by atoms with E-state index in [1.807, 2.05) is 26.0 Å². The third-order valence-electron chi connectivity index (χ3n) is 5.83. The van der Waals surface area contributed by atoms with Gasteiger partial charge in [-0.3, -0.25) is 0 Å². The zero-order valence-electron chi connectivity index (χ0n) is 18.0. The summed E-state index contributed by atoms with van der Waals surface area (Å²) in [7, 11) is 0. The van der Waals surface area contributed by atoms with Crippen LogP contribution in [0.4, 0.5) is 15.9 Å². The average molecular weight is 469 g/mol. The predicted molar refractivity (Wildman–Crippen MR) is 125 cm³/mol. The van der Waals surface area contributed by atoms with Gasteiger partial charge in [-0.05, 0) is 48.7 Å². The summed E-state index contributed by atoms with van der Waals surface area (Å²) in [6.45, 7) is 4.70. The highest BCUT2D eigenvalue weighted by atomic mass is 35.5. The fourth-order valence-electron chi connectivity index (χ4n) is 4.24. The fraction of sp³-hybridized carbons (Fsp3) is 0.261. The summed E-state index contributed by atoms with van der Waals surface area (Å²) >= 11 is 6.67. The van der Waals surface area contributed by atoms with E-state index in [1.54, 1.807) is 17.3 Å². The first kappa shape index (κ1) is 21.6. The van der Waals surface area contributed by atoms with E-state index in [9.17, 15) is 9.50 Å². The van der Waals surface area contributed by atoms with Gasteiger partial charge in [0, 0.05) is 17.1 Å². The second kappa shape index (κ2) is 8.58. The lowest BCUT2D eigenvalue weighted by atomic mass is 9.90. The summed E-state index contributed by atoms with van der Waals surface area (Å²) in [5.41, 5.74) is 4.95. The summed E-state index contributed by atoms with van der Waals surface area (Å²) in [4.78, 5) is 17.5. The molecule has 0 radical (unpaired) electrons. The standard InChI is InChI=1S/C23H22ClFN6O2/c1-12-17(24)9-16(13(2)30-22-19-21(27-10-26-19)28-11-29-22)18(14-4-3-5-15(25)8-14)20(12)31-6-7-33-23(31)32/h3-5,8-11,13,23,32H,6-7H2,1-2H3,(H2,26,27,28,29,30). The summed E-state index contributed by atoms with van der Waals surface area (Å²) in [5.74, 6) is 0.226. The Hall–Kier alpha value is -3.27. The Morgan fingerprint density at radius 3 is 2.91 bits per heavy atom. The van der Waals surface area contributed by atoms with Crippen molar-refractivity contribution in [3.8, 4) is 11.1 Å². The molecule has 33 heavy (non-hydrogen) atoms. The number of nitrogens with one attached hydrogen (secondary N) is 2. The lowest BCUT2D eigenvalue weighted by Crippen LogP contribution is -2.31. The van der Waals surface area contributed by atoms with Crippen LogP contribution in [0.15, 0.2) is 43.0 Å². The number of imidazole rings is 1. The number of aromatic nitrogens is 4. The lowest BCUT2D eigenvalue weighted by Gasteiger charge is -2.30. The Labute approximate surface area is 194 Å². The topological polar surface area (TPSA) is 99.2 Å². The second-order valence-electron chi connectivity index (χ2n) is 7.89. The van der Waals surface area contributed by atoms with Crippen LogP contribution >= 0.6 is 11.6 Å². The van der Waals surface area contributed by atoms with Crippen molar-refractivity contribution >= 4 is 34.3 Å². The van der Waals surface area contributed by atoms with Crippen molar-refractivity contribution in [2.45, 2.75) is 26.3 Å². The maximum absolute atomic E-state index is 14.3. The number of hydrogen-bond donors (Lipinski definition) is 3. The monoisotopic (exact) mass is 468 g/mol. The minimum Gasteiger partial charge on any atom is -0.362 e. The number of rotatable bonds is 5. The zero-order chi connectivity index (χ0) is 23.1. The maximum atomic E-state index is 14.3. The van der Waals surface area contributed by atoms with Gasteiger partial charge in [0.25, 0.3) is 0 Å². The van der Waals surface area contributed by atoms with Gasteiger partial charge in [0.05, 0.1) is 24.7 Å². The largest absolute Gasteiger partial charge is 0.362 e. The molecule has 10 heteroatoms. The molecule has 2 aromatic carbocycles. The van der Waals surface area contributed by atoms with Gasteiger partial charge >= 0.3 is 0 Å². The van der Waals surface area contributed by atoms with Crippen molar-refractivity contribution in [2.75, 3.05) is 23.4 Å². The smallest absolute Gasteiger partial charge is 0.238 e. The van der Waals surface area contributed by atoms with E-state index in [-0.39, 0.29) is 11.9 Å². The molecule has 1 aliphatic heterocycles. The van der Waals surface area contributed by atoms with Gasteiger partial charge < -0.3 is 25.0 Å². The number of aliphatic hydroxyl groups is 1. The molecule has 0 spiro atoms. The molecule has 1 fully saturated rings. The van der Waals surface area contributed by atoms with Crippen molar-refractivity contribution in [3.05, 3.63) is 65.0 Å². The SMILES string of the molecule is Cc1c(Cl)cc(C(C)Nc2ncnc3nc[nH]c23)c(-c2cccc(F)c2)c1N1CCOC1O. The number of anilines is 2. The highest BCUT2D eigenvalue weighted by molar-refractivity contribution is 6.32. The van der Waals surface area contributed by atoms with Crippen LogP contribution in [0.25, 0.3) is 22.3 Å². The third-order valence-corrected chi connectivity index (χ3v) is 6.22. The van der Waals surface area contributed by atoms with Gasteiger partial charge in [0.2, 0.25) is 6.41 Å². The van der Waals surface area contributed by atoms with Gasteiger partial charge in [-0.2, -0.15) is 0 Å². The van der Waals surface area contributed by atoms with Crippen molar-refractivity contribution in [2.24, 2.45) is 0 Å². The number of benzene rings is 2. The van der Waals surface area contributed by atoms with Crippen LogP contribution in [0, 0.1) is 12.7 Å². The minimum atomic E-state index is -1.11. The van der Waals surface area contributed by atoms with Crippen molar-refractivity contribution in [3.63, 3.8) is 0 Å². The Balaban J connectivity index is 1.69. The van der Waals surface area contributed by atoms with E-state index in [0.29, 0.717) is 46.4 Å². The quantitative estimate of drug-likeness (QED) is 0.399. The van der Waals surface area contributed by atoms with Crippen LogP contribution < -0.4 is 10.2 Å². The molecule has 8 nitrogen and oxygen atoms in total. The van der Waals surface area contributed by atoms with E-state index < -0.39 is 6.41 Å². The van der Waals surface area contributed by atoms with E-state index in [4.69, 9.17) is 16.3 Å². The molecule has 170 valence electrons. The number of aliphatic hydroxyl groups excluding tert-OH is 1. The number of ether oxygens (including phenoxy) is 1. The zero-order valence-corrected chi connectivity index (χ0v) is 18.8. The summed E-state index contributed by atoms with van der Waals surface area (Å²) < 4.78 is 19.7. The van der Waals surface area contributed by atoms with Gasteiger partial charge in [0.1, 0.15) is 17.7 Å². The molecule has 2 aromatic heterocycles. The first-order valence-corrected chi connectivity index (χ1v) is 10.9. The van der Waals surface area contributed by atoms with E-state index >= 15 is 0 Å². The third kappa shape index (κ3) is 3.88.